The van der Waals surface area contributed by atoms with Crippen molar-refractivity contribution >= 4 is 24.0 Å². The van der Waals surface area contributed by atoms with E-state index in [0.29, 0.717) is 6.54 Å². The standard InChI is InChI=1S/C12H16N2O.ClH/c15-12(9-13-8-10-6-7-10)14-11-4-2-1-3-5-11;/h1-5,10,13H,6-9H2,(H,14,15);1H. The molecule has 1 aromatic carbocycles. The van der Waals surface area contributed by atoms with Crippen molar-refractivity contribution in [3.05, 3.63) is 30.3 Å². The number of halogens is 1. The number of nitrogens with one attached hydrogen (secondary N) is 2. The molecule has 0 heterocycles. The highest BCUT2D eigenvalue weighted by Crippen LogP contribution is 2.27. The number of hydrogen-bond acceptors (Lipinski definition) is 2. The lowest BCUT2D eigenvalue weighted by atomic mass is 10.3. The van der Waals surface area contributed by atoms with E-state index in [1.165, 1.54) is 12.8 Å². The SMILES string of the molecule is Cl.O=C(CNCC1CC1)Nc1ccccc1. The number of rotatable bonds is 5. The summed E-state index contributed by atoms with van der Waals surface area (Å²) >= 11 is 0. The summed E-state index contributed by atoms with van der Waals surface area (Å²) in [5, 5.41) is 5.99. The van der Waals surface area contributed by atoms with E-state index in [0.717, 1.165) is 18.2 Å². The van der Waals surface area contributed by atoms with Gasteiger partial charge in [0.1, 0.15) is 0 Å². The van der Waals surface area contributed by atoms with Crippen LogP contribution in [-0.2, 0) is 4.79 Å². The van der Waals surface area contributed by atoms with Gasteiger partial charge in [0.2, 0.25) is 5.91 Å². The molecule has 1 aromatic rings. The molecule has 1 aliphatic rings. The lowest BCUT2D eigenvalue weighted by molar-refractivity contribution is -0.115. The van der Waals surface area contributed by atoms with Crippen molar-refractivity contribution in [3.8, 4) is 0 Å². The number of amides is 1. The van der Waals surface area contributed by atoms with E-state index in [4.69, 9.17) is 0 Å². The number of anilines is 1. The number of para-hydroxylation sites is 1. The molecule has 0 saturated heterocycles. The topological polar surface area (TPSA) is 41.1 Å². The van der Waals surface area contributed by atoms with Gasteiger partial charge in [-0.05, 0) is 37.4 Å². The molecule has 1 fully saturated rings. The predicted octanol–water partition coefficient (Wildman–Crippen LogP) is 2.05. The molecule has 1 saturated carbocycles. The van der Waals surface area contributed by atoms with E-state index in [2.05, 4.69) is 10.6 Å². The van der Waals surface area contributed by atoms with Crippen LogP contribution in [-0.4, -0.2) is 19.0 Å². The Bertz CT molecular complexity index is 325. The molecule has 0 atom stereocenters. The van der Waals surface area contributed by atoms with Gasteiger partial charge < -0.3 is 10.6 Å². The van der Waals surface area contributed by atoms with Gasteiger partial charge in [0.05, 0.1) is 6.54 Å². The Morgan fingerprint density at radius 3 is 2.56 bits per heavy atom. The fourth-order valence-electron chi connectivity index (χ4n) is 1.44. The van der Waals surface area contributed by atoms with Gasteiger partial charge in [0, 0.05) is 5.69 Å². The minimum absolute atomic E-state index is 0. The molecule has 1 aliphatic carbocycles. The Kier molecular flexibility index (Phi) is 5.29. The zero-order chi connectivity index (χ0) is 10.5. The molecule has 0 radical (unpaired) electrons. The van der Waals surface area contributed by atoms with Crippen LogP contribution in [0.25, 0.3) is 0 Å². The van der Waals surface area contributed by atoms with Gasteiger partial charge in [-0.1, -0.05) is 18.2 Å². The normalized spacial score (nSPS) is 14.0. The second-order valence-corrected chi connectivity index (χ2v) is 3.99. The summed E-state index contributed by atoms with van der Waals surface area (Å²) in [5.74, 6) is 0.844. The number of carbonyl (C=O) groups excluding carboxylic acids is 1. The monoisotopic (exact) mass is 240 g/mol. The lowest BCUT2D eigenvalue weighted by Gasteiger charge is -2.05. The van der Waals surface area contributed by atoms with Crippen LogP contribution in [0.1, 0.15) is 12.8 Å². The maximum Gasteiger partial charge on any atom is 0.238 e. The molecule has 3 nitrogen and oxygen atoms in total. The number of benzene rings is 1. The van der Waals surface area contributed by atoms with Gasteiger partial charge in [-0.15, -0.1) is 12.4 Å². The fraction of sp³-hybridized carbons (Fsp3) is 0.417. The second kappa shape index (κ2) is 6.51. The highest BCUT2D eigenvalue weighted by Gasteiger charge is 2.20. The summed E-state index contributed by atoms with van der Waals surface area (Å²) in [6.07, 6.45) is 2.63. The van der Waals surface area contributed by atoms with E-state index >= 15 is 0 Å². The molecule has 88 valence electrons. The largest absolute Gasteiger partial charge is 0.325 e. The van der Waals surface area contributed by atoms with Crippen molar-refractivity contribution in [2.24, 2.45) is 5.92 Å². The smallest absolute Gasteiger partial charge is 0.238 e. The Morgan fingerprint density at radius 1 is 1.25 bits per heavy atom. The van der Waals surface area contributed by atoms with Crippen LogP contribution in [0.3, 0.4) is 0 Å². The van der Waals surface area contributed by atoms with Crippen LogP contribution in [0.5, 0.6) is 0 Å². The molecule has 0 bridgehead atoms. The first-order valence-electron chi connectivity index (χ1n) is 5.40. The maximum atomic E-state index is 11.4. The Labute approximate surface area is 102 Å². The summed E-state index contributed by atoms with van der Waals surface area (Å²) in [7, 11) is 0. The van der Waals surface area contributed by atoms with Gasteiger partial charge in [-0.25, -0.2) is 0 Å². The van der Waals surface area contributed by atoms with Crippen molar-refractivity contribution in [2.45, 2.75) is 12.8 Å². The molecule has 0 aliphatic heterocycles. The summed E-state index contributed by atoms with van der Waals surface area (Å²) in [4.78, 5) is 11.4. The van der Waals surface area contributed by atoms with Gasteiger partial charge in [0.25, 0.3) is 0 Å². The quantitative estimate of drug-likeness (QED) is 0.827. The summed E-state index contributed by atoms with van der Waals surface area (Å²) < 4.78 is 0. The van der Waals surface area contributed by atoms with Gasteiger partial charge >= 0.3 is 0 Å². The molecule has 2 N–H and O–H groups in total. The minimum Gasteiger partial charge on any atom is -0.325 e. The summed E-state index contributed by atoms with van der Waals surface area (Å²) in [5.41, 5.74) is 0.857. The Balaban J connectivity index is 0.00000128. The molecule has 0 aromatic heterocycles. The third-order valence-corrected chi connectivity index (χ3v) is 2.47. The zero-order valence-electron chi connectivity index (χ0n) is 9.11. The first-order valence-corrected chi connectivity index (χ1v) is 5.40. The highest BCUT2D eigenvalue weighted by atomic mass is 35.5. The van der Waals surface area contributed by atoms with E-state index < -0.39 is 0 Å². The van der Waals surface area contributed by atoms with Crippen LogP contribution >= 0.6 is 12.4 Å². The van der Waals surface area contributed by atoms with Crippen molar-refractivity contribution < 1.29 is 4.79 Å². The van der Waals surface area contributed by atoms with Crippen molar-refractivity contribution in [1.29, 1.82) is 0 Å². The lowest BCUT2D eigenvalue weighted by Crippen LogP contribution is -2.29. The average molecular weight is 241 g/mol. The Morgan fingerprint density at radius 2 is 1.94 bits per heavy atom. The fourth-order valence-corrected chi connectivity index (χ4v) is 1.44. The van der Waals surface area contributed by atoms with Crippen LogP contribution in [0.2, 0.25) is 0 Å². The van der Waals surface area contributed by atoms with E-state index in [-0.39, 0.29) is 18.3 Å². The summed E-state index contributed by atoms with van der Waals surface area (Å²) in [6.45, 7) is 1.38. The van der Waals surface area contributed by atoms with Crippen LogP contribution in [0.4, 0.5) is 5.69 Å². The van der Waals surface area contributed by atoms with Crippen molar-refractivity contribution in [2.75, 3.05) is 18.4 Å². The van der Waals surface area contributed by atoms with E-state index in [9.17, 15) is 4.79 Å². The number of hydrogen-bond donors (Lipinski definition) is 2. The third-order valence-electron chi connectivity index (χ3n) is 2.47. The van der Waals surface area contributed by atoms with E-state index in [1.807, 2.05) is 30.3 Å². The van der Waals surface area contributed by atoms with Crippen LogP contribution < -0.4 is 10.6 Å². The minimum atomic E-state index is 0. The molecular weight excluding hydrogens is 224 g/mol. The van der Waals surface area contributed by atoms with Crippen LogP contribution in [0, 0.1) is 5.92 Å². The molecule has 16 heavy (non-hydrogen) atoms. The van der Waals surface area contributed by atoms with E-state index in [1.54, 1.807) is 0 Å². The molecule has 0 unspecified atom stereocenters. The van der Waals surface area contributed by atoms with Crippen molar-refractivity contribution in [3.63, 3.8) is 0 Å². The molecule has 0 spiro atoms. The third kappa shape index (κ3) is 4.64. The summed E-state index contributed by atoms with van der Waals surface area (Å²) in [6, 6.07) is 9.53. The zero-order valence-corrected chi connectivity index (χ0v) is 9.93. The van der Waals surface area contributed by atoms with Gasteiger partial charge in [-0.3, -0.25) is 4.79 Å². The molecule has 1 amide bonds. The van der Waals surface area contributed by atoms with Crippen LogP contribution in [0.15, 0.2) is 30.3 Å². The first-order chi connectivity index (χ1) is 7.34. The van der Waals surface area contributed by atoms with Gasteiger partial charge in [-0.2, -0.15) is 0 Å². The maximum absolute atomic E-state index is 11.4. The second-order valence-electron chi connectivity index (χ2n) is 3.99. The molecule has 4 heteroatoms. The molecule has 2 rings (SSSR count). The highest BCUT2D eigenvalue weighted by molar-refractivity contribution is 5.92. The average Bonchev–Trinajstić information content (AvgIpc) is 3.03. The molecular formula is C12H17ClN2O. The first kappa shape index (κ1) is 13.0. The van der Waals surface area contributed by atoms with Gasteiger partial charge in [0.15, 0.2) is 0 Å². The van der Waals surface area contributed by atoms with Crippen molar-refractivity contribution in [1.82, 2.24) is 5.32 Å². The Hall–Kier alpha value is -1.06. The number of carbonyl (C=O) groups is 1. The predicted molar refractivity (Wildman–Crippen MR) is 67.9 cm³/mol.